The van der Waals surface area contributed by atoms with Crippen LogP contribution >= 0.6 is 0 Å². The number of carbonyl (C=O) groups is 3. The van der Waals surface area contributed by atoms with Crippen molar-refractivity contribution in [3.05, 3.63) is 36.5 Å². The summed E-state index contributed by atoms with van der Waals surface area (Å²) in [5.74, 6) is -1.04. The van der Waals surface area contributed by atoms with Gasteiger partial charge in [-0.25, -0.2) is 0 Å². The SMILES string of the molecule is CCCCCCC(O)CC=CCCCCCCCC(=O)OCC(COC(=O)CCCCCCCC=CCC(O)CCCCCC)OC(=O)CCCCCCCC=CCC(O)CCCCCC. The molecule has 3 N–H and O–H groups in total. The van der Waals surface area contributed by atoms with Gasteiger partial charge in [-0.1, -0.05) is 192 Å². The van der Waals surface area contributed by atoms with Crippen LogP contribution in [0.3, 0.4) is 0 Å². The Bertz CT molecular complexity index is 1110. The summed E-state index contributed by atoms with van der Waals surface area (Å²) in [6, 6.07) is 0. The Hall–Kier alpha value is -2.49. The van der Waals surface area contributed by atoms with E-state index in [2.05, 4.69) is 57.2 Å². The smallest absolute Gasteiger partial charge is 0.306 e. The van der Waals surface area contributed by atoms with Crippen LogP contribution in [-0.2, 0) is 28.6 Å². The zero-order valence-electron chi connectivity index (χ0n) is 43.1. The highest BCUT2D eigenvalue weighted by Gasteiger charge is 2.19. The predicted molar refractivity (Wildman–Crippen MR) is 274 cm³/mol. The van der Waals surface area contributed by atoms with Gasteiger partial charge in [-0.05, 0) is 96.3 Å². The molecule has 0 fully saturated rings. The number of esters is 3. The monoisotopic (exact) mass is 933 g/mol. The molecule has 0 saturated heterocycles. The van der Waals surface area contributed by atoms with E-state index in [4.69, 9.17) is 14.2 Å². The van der Waals surface area contributed by atoms with Crippen LogP contribution in [0.25, 0.3) is 0 Å². The van der Waals surface area contributed by atoms with Gasteiger partial charge >= 0.3 is 17.9 Å². The van der Waals surface area contributed by atoms with E-state index in [1.54, 1.807) is 0 Å². The number of hydrogen-bond donors (Lipinski definition) is 3. The van der Waals surface area contributed by atoms with Gasteiger partial charge in [-0.3, -0.25) is 14.4 Å². The number of ether oxygens (including phenoxy) is 3. The highest BCUT2D eigenvalue weighted by Crippen LogP contribution is 2.15. The summed E-state index contributed by atoms with van der Waals surface area (Å²) in [5, 5.41) is 30.4. The number of carbonyl (C=O) groups excluding carboxylic acids is 3. The fourth-order valence-corrected chi connectivity index (χ4v) is 7.95. The molecular formula is C57H104O9. The van der Waals surface area contributed by atoms with E-state index in [1.807, 2.05) is 0 Å². The number of unbranched alkanes of at least 4 members (excludes halogenated alkanes) is 24. The van der Waals surface area contributed by atoms with Gasteiger partial charge in [0.15, 0.2) is 6.10 Å². The Morgan fingerprint density at radius 1 is 0.364 bits per heavy atom. The summed E-state index contributed by atoms with van der Waals surface area (Å²) in [5.41, 5.74) is 0. The molecule has 0 saturated carbocycles. The maximum Gasteiger partial charge on any atom is 0.306 e. The highest BCUT2D eigenvalue weighted by molar-refractivity contribution is 5.71. The van der Waals surface area contributed by atoms with E-state index >= 15 is 0 Å². The first kappa shape index (κ1) is 63.5. The lowest BCUT2D eigenvalue weighted by Gasteiger charge is -2.18. The van der Waals surface area contributed by atoms with Crippen LogP contribution in [0.5, 0.6) is 0 Å². The van der Waals surface area contributed by atoms with Gasteiger partial charge in [-0.2, -0.15) is 0 Å². The average Bonchev–Trinajstić information content (AvgIpc) is 3.30. The van der Waals surface area contributed by atoms with Crippen molar-refractivity contribution in [2.45, 2.75) is 296 Å². The van der Waals surface area contributed by atoms with Crippen molar-refractivity contribution in [1.29, 1.82) is 0 Å². The number of rotatable bonds is 50. The Labute approximate surface area is 405 Å². The minimum atomic E-state index is -0.836. The fourth-order valence-electron chi connectivity index (χ4n) is 7.95. The van der Waals surface area contributed by atoms with Crippen LogP contribution in [0.1, 0.15) is 271 Å². The molecule has 0 radical (unpaired) electrons. The van der Waals surface area contributed by atoms with Gasteiger partial charge in [0, 0.05) is 19.3 Å². The zero-order chi connectivity index (χ0) is 48.4. The van der Waals surface area contributed by atoms with Gasteiger partial charge in [-0.15, -0.1) is 0 Å². The van der Waals surface area contributed by atoms with E-state index in [0.717, 1.165) is 167 Å². The molecule has 0 heterocycles. The third-order valence-corrected chi connectivity index (χ3v) is 12.3. The second-order valence-corrected chi connectivity index (χ2v) is 19.0. The molecule has 0 aromatic heterocycles. The molecule has 0 aliphatic rings. The molecule has 3 atom stereocenters. The molecule has 0 aliphatic heterocycles. The summed E-state index contributed by atoms with van der Waals surface area (Å²) < 4.78 is 16.7. The molecule has 0 rings (SSSR count). The maximum absolute atomic E-state index is 12.8. The molecule has 0 bridgehead atoms. The van der Waals surface area contributed by atoms with Gasteiger partial charge < -0.3 is 29.5 Å². The minimum absolute atomic E-state index is 0.132. The Balaban J connectivity index is 4.51. The minimum Gasteiger partial charge on any atom is -0.462 e. The van der Waals surface area contributed by atoms with Gasteiger partial charge in [0.2, 0.25) is 0 Å². The molecule has 0 aliphatic carbocycles. The molecule has 3 unspecified atom stereocenters. The van der Waals surface area contributed by atoms with E-state index in [1.165, 1.54) is 57.8 Å². The number of allylic oxidation sites excluding steroid dienone is 3. The van der Waals surface area contributed by atoms with Crippen molar-refractivity contribution < 1.29 is 43.9 Å². The number of aliphatic hydroxyl groups is 3. The van der Waals surface area contributed by atoms with Crippen molar-refractivity contribution in [3.8, 4) is 0 Å². The molecule has 9 nitrogen and oxygen atoms in total. The predicted octanol–water partition coefficient (Wildman–Crippen LogP) is 15.0. The third kappa shape index (κ3) is 48.0. The lowest BCUT2D eigenvalue weighted by atomic mass is 10.1. The first-order chi connectivity index (χ1) is 32.2. The summed E-state index contributed by atoms with van der Waals surface area (Å²) in [6.07, 6.45) is 48.9. The van der Waals surface area contributed by atoms with Crippen LogP contribution in [-0.4, -0.2) is 70.9 Å². The third-order valence-electron chi connectivity index (χ3n) is 12.3. The van der Waals surface area contributed by atoms with Gasteiger partial charge in [0.1, 0.15) is 13.2 Å². The van der Waals surface area contributed by atoms with Crippen molar-refractivity contribution in [3.63, 3.8) is 0 Å². The van der Waals surface area contributed by atoms with E-state index in [9.17, 15) is 29.7 Å². The zero-order valence-corrected chi connectivity index (χ0v) is 43.1. The maximum atomic E-state index is 12.8. The van der Waals surface area contributed by atoms with Crippen LogP contribution < -0.4 is 0 Å². The summed E-state index contributed by atoms with van der Waals surface area (Å²) in [7, 11) is 0. The Morgan fingerprint density at radius 2 is 0.652 bits per heavy atom. The van der Waals surface area contributed by atoms with Crippen molar-refractivity contribution in [1.82, 2.24) is 0 Å². The molecule has 0 aromatic rings. The summed E-state index contributed by atoms with van der Waals surface area (Å²) in [6.45, 7) is 6.33. The first-order valence-electron chi connectivity index (χ1n) is 27.7. The molecular weight excluding hydrogens is 829 g/mol. The fraction of sp³-hybridized carbons (Fsp3) is 0.842. The normalized spacial score (nSPS) is 13.7. The van der Waals surface area contributed by atoms with Crippen molar-refractivity contribution >= 4 is 17.9 Å². The Kier molecular flexibility index (Phi) is 48.5. The van der Waals surface area contributed by atoms with Crippen LogP contribution in [0.4, 0.5) is 0 Å². The molecule has 9 heteroatoms. The average molecular weight is 933 g/mol. The Morgan fingerprint density at radius 3 is 0.985 bits per heavy atom. The largest absolute Gasteiger partial charge is 0.462 e. The topological polar surface area (TPSA) is 140 Å². The highest BCUT2D eigenvalue weighted by atomic mass is 16.6. The van der Waals surface area contributed by atoms with Gasteiger partial charge in [0.25, 0.3) is 0 Å². The van der Waals surface area contributed by atoms with Crippen molar-refractivity contribution in [2.75, 3.05) is 13.2 Å². The quantitative estimate of drug-likeness (QED) is 0.0235. The lowest BCUT2D eigenvalue weighted by molar-refractivity contribution is -0.167. The lowest BCUT2D eigenvalue weighted by Crippen LogP contribution is -2.30. The van der Waals surface area contributed by atoms with Crippen LogP contribution in [0.2, 0.25) is 0 Å². The van der Waals surface area contributed by atoms with E-state index in [0.29, 0.717) is 19.3 Å². The van der Waals surface area contributed by atoms with Crippen LogP contribution in [0.15, 0.2) is 36.5 Å². The summed E-state index contributed by atoms with van der Waals surface area (Å²) >= 11 is 0. The summed E-state index contributed by atoms with van der Waals surface area (Å²) in [4.78, 5) is 38.1. The number of aliphatic hydroxyl groups excluding tert-OH is 3. The second kappa shape index (κ2) is 50.4. The molecule has 386 valence electrons. The molecule has 66 heavy (non-hydrogen) atoms. The molecule has 0 aromatic carbocycles. The van der Waals surface area contributed by atoms with E-state index < -0.39 is 6.10 Å². The first-order valence-corrected chi connectivity index (χ1v) is 27.7. The molecule has 0 spiro atoms. The standard InChI is InChI=1S/C57H104O9/c1-4-7-10-31-40-51(58)43-34-25-19-13-16-22-28-37-46-55(61)64-49-54(66-57(63)48-39-30-24-18-15-21-27-36-45-53(60)42-33-12-9-6-3)50-65-56(62)47-38-29-23-17-14-20-26-35-44-52(59)41-32-11-8-5-2/h25-27,34-36,51-54,58-60H,4-24,28-33,37-50H2,1-3H3. The van der Waals surface area contributed by atoms with Gasteiger partial charge in [0.05, 0.1) is 18.3 Å². The number of hydrogen-bond acceptors (Lipinski definition) is 9. The van der Waals surface area contributed by atoms with E-state index in [-0.39, 0.29) is 55.9 Å². The van der Waals surface area contributed by atoms with Crippen LogP contribution in [0, 0.1) is 0 Å². The van der Waals surface area contributed by atoms with Crippen molar-refractivity contribution in [2.24, 2.45) is 0 Å². The second-order valence-electron chi connectivity index (χ2n) is 19.0. The molecule has 0 amide bonds.